The first-order valence-electron chi connectivity index (χ1n) is 12.5. The summed E-state index contributed by atoms with van der Waals surface area (Å²) in [5.41, 5.74) is 3.17. The lowest BCUT2D eigenvalue weighted by molar-refractivity contribution is -0.136. The molecule has 0 fully saturated rings. The summed E-state index contributed by atoms with van der Waals surface area (Å²) in [4.78, 5) is 11.6. The molecule has 4 aromatic carbocycles. The van der Waals surface area contributed by atoms with Crippen molar-refractivity contribution >= 4 is 32.5 Å². The van der Waals surface area contributed by atoms with E-state index in [1.165, 1.54) is 4.31 Å². The third-order valence-electron chi connectivity index (χ3n) is 6.49. The van der Waals surface area contributed by atoms with E-state index in [0.717, 1.165) is 5.56 Å². The fourth-order valence-corrected chi connectivity index (χ4v) is 6.81. The average Bonchev–Trinajstić information content (AvgIpc) is 3.41. The van der Waals surface area contributed by atoms with Gasteiger partial charge in [-0.2, -0.15) is 5.21 Å². The Morgan fingerprint density at radius 1 is 0.925 bits per heavy atom. The van der Waals surface area contributed by atoms with E-state index in [1.54, 1.807) is 50.2 Å². The normalized spacial score (nSPS) is 11.5. The van der Waals surface area contributed by atoms with Crippen LogP contribution in [0.1, 0.15) is 28.1 Å². The molecule has 0 amide bonds. The number of benzene rings is 4. The van der Waals surface area contributed by atoms with Crippen LogP contribution in [0.3, 0.4) is 0 Å². The van der Waals surface area contributed by atoms with Crippen LogP contribution >= 0.6 is 0 Å². The van der Waals surface area contributed by atoms with E-state index >= 15 is 0 Å². The second kappa shape index (κ2) is 10.8. The topological polar surface area (TPSA) is 138 Å². The minimum Gasteiger partial charge on any atom is -0.481 e. The van der Waals surface area contributed by atoms with E-state index in [2.05, 4.69) is 20.6 Å². The van der Waals surface area contributed by atoms with Crippen molar-refractivity contribution in [1.29, 1.82) is 0 Å². The molecule has 0 radical (unpaired) electrons. The van der Waals surface area contributed by atoms with Crippen LogP contribution in [0.15, 0.2) is 77.7 Å². The zero-order valence-corrected chi connectivity index (χ0v) is 22.9. The van der Waals surface area contributed by atoms with Crippen molar-refractivity contribution < 1.29 is 23.1 Å². The summed E-state index contributed by atoms with van der Waals surface area (Å²) in [6.45, 7) is 5.33. The Kier molecular flexibility index (Phi) is 7.22. The molecule has 1 heterocycles. The number of ether oxygens (including phenoxy) is 1. The Morgan fingerprint density at radius 3 is 2.27 bits per heavy atom. The third-order valence-corrected chi connectivity index (χ3v) is 8.56. The van der Waals surface area contributed by atoms with Crippen LogP contribution in [0.25, 0.3) is 10.8 Å². The molecule has 0 aliphatic rings. The molecule has 0 saturated heterocycles. The molecule has 5 aromatic rings. The Balaban J connectivity index is 1.67. The monoisotopic (exact) mass is 557 g/mol. The molecule has 2 N–H and O–H groups in total. The number of H-pyrrole nitrogens is 1. The van der Waals surface area contributed by atoms with Crippen molar-refractivity contribution in [2.45, 2.75) is 38.6 Å². The molecule has 0 spiro atoms. The van der Waals surface area contributed by atoms with Crippen molar-refractivity contribution in [2.24, 2.45) is 0 Å². The summed E-state index contributed by atoms with van der Waals surface area (Å²) in [6, 6.07) is 21.3. The lowest BCUT2D eigenvalue weighted by Crippen LogP contribution is -2.32. The standard InChI is InChI=1S/C29H27N5O5S/c1-18-14-19(2)29(20(3)15-18)40(37,38)34(17-27-30-32-33-31-27)24-12-13-26(23-10-6-5-9-22(23)24)39-25-11-7-4-8-21(25)16-28(35)36/h4-15H,16-17H2,1-3H3,(H,35,36)(H,30,31,32,33). The number of aromatic amines is 1. The molecular weight excluding hydrogens is 530 g/mol. The fourth-order valence-electron chi connectivity index (χ4n) is 4.95. The molecule has 0 saturated carbocycles. The number of tetrazole rings is 1. The highest BCUT2D eigenvalue weighted by Crippen LogP contribution is 2.40. The summed E-state index contributed by atoms with van der Waals surface area (Å²) >= 11 is 0. The summed E-state index contributed by atoms with van der Waals surface area (Å²) in [5.74, 6) is 0.0973. The van der Waals surface area contributed by atoms with Crippen LogP contribution < -0.4 is 9.04 Å². The van der Waals surface area contributed by atoms with Gasteiger partial charge in [0.05, 0.1) is 23.5 Å². The first-order chi connectivity index (χ1) is 19.1. The van der Waals surface area contributed by atoms with Gasteiger partial charge in [0, 0.05) is 16.3 Å². The molecule has 11 heteroatoms. The number of fused-ring (bicyclic) bond motifs is 1. The van der Waals surface area contributed by atoms with Crippen LogP contribution in [0.5, 0.6) is 11.5 Å². The number of nitrogens with zero attached hydrogens (tertiary/aromatic N) is 4. The Hall–Kier alpha value is -4.77. The summed E-state index contributed by atoms with van der Waals surface area (Å²) in [7, 11) is -4.09. The van der Waals surface area contributed by atoms with Crippen molar-refractivity contribution in [3.8, 4) is 11.5 Å². The van der Waals surface area contributed by atoms with Crippen molar-refractivity contribution in [3.63, 3.8) is 0 Å². The lowest BCUT2D eigenvalue weighted by Gasteiger charge is -2.27. The number of carbonyl (C=O) groups is 1. The van der Waals surface area contributed by atoms with E-state index in [-0.39, 0.29) is 23.7 Å². The van der Waals surface area contributed by atoms with Gasteiger partial charge in [-0.05, 0) is 50.1 Å². The number of rotatable bonds is 9. The van der Waals surface area contributed by atoms with E-state index in [9.17, 15) is 18.3 Å². The average molecular weight is 558 g/mol. The number of aromatic nitrogens is 4. The van der Waals surface area contributed by atoms with Gasteiger partial charge in [0.25, 0.3) is 10.0 Å². The summed E-state index contributed by atoms with van der Waals surface area (Å²) in [5, 5.41) is 24.6. The predicted octanol–water partition coefficient (Wildman–Crippen LogP) is 5.09. The van der Waals surface area contributed by atoms with E-state index in [0.29, 0.717) is 44.6 Å². The zero-order valence-electron chi connectivity index (χ0n) is 22.1. The van der Waals surface area contributed by atoms with E-state index < -0.39 is 16.0 Å². The third kappa shape index (κ3) is 5.23. The molecule has 0 atom stereocenters. The number of nitrogens with one attached hydrogen (secondary N) is 1. The number of hydrogen-bond acceptors (Lipinski definition) is 7. The smallest absolute Gasteiger partial charge is 0.307 e. The maximum atomic E-state index is 14.3. The predicted molar refractivity (Wildman–Crippen MR) is 150 cm³/mol. The molecule has 40 heavy (non-hydrogen) atoms. The molecule has 0 aliphatic carbocycles. The molecule has 204 valence electrons. The van der Waals surface area contributed by atoms with E-state index in [4.69, 9.17) is 4.74 Å². The number of anilines is 1. The second-order valence-electron chi connectivity index (χ2n) is 9.48. The fraction of sp³-hybridized carbons (Fsp3) is 0.172. The van der Waals surface area contributed by atoms with Gasteiger partial charge in [0.15, 0.2) is 5.82 Å². The molecule has 0 unspecified atom stereocenters. The van der Waals surface area contributed by atoms with Crippen LogP contribution in [-0.4, -0.2) is 40.1 Å². The maximum Gasteiger partial charge on any atom is 0.307 e. The minimum absolute atomic E-state index is 0.156. The van der Waals surface area contributed by atoms with Gasteiger partial charge in [-0.3, -0.25) is 9.10 Å². The number of aryl methyl sites for hydroxylation is 3. The van der Waals surface area contributed by atoms with Crippen molar-refractivity contribution in [1.82, 2.24) is 20.6 Å². The number of para-hydroxylation sites is 1. The van der Waals surface area contributed by atoms with Crippen molar-refractivity contribution in [3.05, 3.63) is 101 Å². The highest BCUT2D eigenvalue weighted by Gasteiger charge is 2.31. The molecule has 10 nitrogen and oxygen atoms in total. The zero-order chi connectivity index (χ0) is 28.4. The van der Waals surface area contributed by atoms with Crippen LogP contribution in [0.2, 0.25) is 0 Å². The lowest BCUT2D eigenvalue weighted by atomic mass is 10.1. The largest absolute Gasteiger partial charge is 0.481 e. The first-order valence-corrected chi connectivity index (χ1v) is 13.9. The van der Waals surface area contributed by atoms with Gasteiger partial charge >= 0.3 is 5.97 Å². The molecular formula is C29H27N5O5S. The SMILES string of the molecule is Cc1cc(C)c(S(=O)(=O)N(Cc2nn[nH]n2)c2ccc(Oc3ccccc3CC(=O)O)c3ccccc23)c(C)c1. The van der Waals surface area contributed by atoms with Gasteiger partial charge in [-0.1, -0.05) is 65.4 Å². The Labute approximate surface area is 231 Å². The molecule has 1 aromatic heterocycles. The number of aliphatic carboxylic acids is 1. The summed E-state index contributed by atoms with van der Waals surface area (Å²) in [6.07, 6.45) is -0.196. The number of hydrogen-bond donors (Lipinski definition) is 2. The Bertz CT molecular complexity index is 1800. The minimum atomic E-state index is -4.09. The number of sulfonamides is 1. The van der Waals surface area contributed by atoms with Crippen LogP contribution in [0.4, 0.5) is 5.69 Å². The first kappa shape index (κ1) is 26.8. The number of carboxylic acids is 1. The molecule has 5 rings (SSSR count). The maximum absolute atomic E-state index is 14.3. The molecule has 0 bridgehead atoms. The highest BCUT2D eigenvalue weighted by molar-refractivity contribution is 7.93. The van der Waals surface area contributed by atoms with Gasteiger partial charge in [-0.25, -0.2) is 8.42 Å². The quantitative estimate of drug-likeness (QED) is 0.255. The highest BCUT2D eigenvalue weighted by atomic mass is 32.2. The van der Waals surface area contributed by atoms with Gasteiger partial charge < -0.3 is 9.84 Å². The number of carboxylic acid groups (broad SMARTS) is 1. The van der Waals surface area contributed by atoms with Crippen LogP contribution in [-0.2, 0) is 27.8 Å². The molecule has 0 aliphatic heterocycles. The van der Waals surface area contributed by atoms with Crippen molar-refractivity contribution in [2.75, 3.05) is 4.31 Å². The second-order valence-corrected chi connectivity index (χ2v) is 11.3. The Morgan fingerprint density at radius 2 is 1.60 bits per heavy atom. The van der Waals surface area contributed by atoms with E-state index in [1.807, 2.05) is 43.3 Å². The van der Waals surface area contributed by atoms with Gasteiger partial charge in [-0.15, -0.1) is 10.2 Å². The van der Waals surface area contributed by atoms with Gasteiger partial charge in [0.1, 0.15) is 11.5 Å². The van der Waals surface area contributed by atoms with Crippen LogP contribution in [0, 0.1) is 20.8 Å². The van der Waals surface area contributed by atoms with Gasteiger partial charge in [0.2, 0.25) is 0 Å². The summed E-state index contributed by atoms with van der Waals surface area (Å²) < 4.78 is 36.2.